The van der Waals surface area contributed by atoms with Gasteiger partial charge in [-0.05, 0) is 30.2 Å². The average molecular weight is 334 g/mol. The number of aryl methyl sites for hydroxylation is 1. The number of fused-ring (bicyclic) bond motifs is 1. The van der Waals surface area contributed by atoms with E-state index in [0.29, 0.717) is 11.6 Å². The van der Waals surface area contributed by atoms with E-state index in [4.69, 9.17) is 11.6 Å². The van der Waals surface area contributed by atoms with Gasteiger partial charge in [0, 0.05) is 16.4 Å². The fraction of sp³-hybridized carbons (Fsp3) is 0.250. The maximum Gasteiger partial charge on any atom is 0.138 e. The van der Waals surface area contributed by atoms with Crippen LogP contribution in [0.1, 0.15) is 23.5 Å². The molecule has 114 valence electrons. The van der Waals surface area contributed by atoms with Crippen LogP contribution < -0.4 is 5.32 Å². The quantitative estimate of drug-likeness (QED) is 0.739. The van der Waals surface area contributed by atoms with Crippen LogP contribution in [0.3, 0.4) is 0 Å². The van der Waals surface area contributed by atoms with Crippen molar-refractivity contribution < 1.29 is 5.11 Å². The van der Waals surface area contributed by atoms with Gasteiger partial charge in [0.05, 0.1) is 11.5 Å². The molecule has 0 saturated heterocycles. The molecule has 0 unspecified atom stereocenters. The third-order valence-corrected chi connectivity index (χ3v) is 4.89. The van der Waals surface area contributed by atoms with Crippen molar-refractivity contribution in [2.24, 2.45) is 0 Å². The van der Waals surface area contributed by atoms with Gasteiger partial charge in [0.25, 0.3) is 0 Å². The van der Waals surface area contributed by atoms with Gasteiger partial charge in [0.15, 0.2) is 0 Å². The maximum absolute atomic E-state index is 10.2. The summed E-state index contributed by atoms with van der Waals surface area (Å²) < 4.78 is 0. The van der Waals surface area contributed by atoms with Crippen LogP contribution in [0.2, 0.25) is 5.02 Å². The van der Waals surface area contributed by atoms with Gasteiger partial charge in [-0.1, -0.05) is 30.7 Å². The summed E-state index contributed by atoms with van der Waals surface area (Å²) in [5, 5.41) is 15.1. The Balaban J connectivity index is 1.76. The van der Waals surface area contributed by atoms with Crippen molar-refractivity contribution in [1.29, 1.82) is 0 Å². The molecule has 2 heterocycles. The lowest BCUT2D eigenvalue weighted by molar-refractivity contribution is 0.191. The molecule has 0 saturated carbocycles. The number of nitrogens with one attached hydrogen (secondary N) is 1. The van der Waals surface area contributed by atoms with E-state index in [9.17, 15) is 5.11 Å². The van der Waals surface area contributed by atoms with Crippen LogP contribution >= 0.6 is 22.9 Å². The number of rotatable bonds is 5. The molecule has 0 bridgehead atoms. The highest BCUT2D eigenvalue weighted by Crippen LogP contribution is 2.28. The molecule has 0 aliphatic heterocycles. The number of aliphatic hydroxyl groups excluding tert-OH is 1. The lowest BCUT2D eigenvalue weighted by atomic mass is 10.1. The van der Waals surface area contributed by atoms with Crippen LogP contribution in [0, 0.1) is 0 Å². The number of hydrogen-bond donors (Lipinski definition) is 2. The Kier molecular flexibility index (Phi) is 4.57. The third-order valence-electron chi connectivity index (χ3n) is 3.45. The van der Waals surface area contributed by atoms with Crippen molar-refractivity contribution in [3.63, 3.8) is 0 Å². The molecule has 3 rings (SSSR count). The van der Waals surface area contributed by atoms with E-state index in [1.165, 1.54) is 4.88 Å². The number of halogens is 1. The predicted molar refractivity (Wildman–Crippen MR) is 91.7 cm³/mol. The minimum atomic E-state index is -0.619. The summed E-state index contributed by atoms with van der Waals surface area (Å²) in [6, 6.07) is 9.30. The number of benzene rings is 1. The molecule has 4 nitrogen and oxygen atoms in total. The van der Waals surface area contributed by atoms with Crippen LogP contribution in [-0.2, 0) is 6.42 Å². The Hall–Kier alpha value is -1.69. The van der Waals surface area contributed by atoms with Crippen LogP contribution in [0.15, 0.2) is 36.7 Å². The van der Waals surface area contributed by atoms with Crippen LogP contribution in [0.4, 0.5) is 5.82 Å². The van der Waals surface area contributed by atoms with E-state index in [1.807, 2.05) is 12.1 Å². The molecular formula is C16H16ClN3OS. The number of hydrogen-bond acceptors (Lipinski definition) is 5. The molecule has 2 N–H and O–H groups in total. The third kappa shape index (κ3) is 3.21. The van der Waals surface area contributed by atoms with Crippen LogP contribution in [0.5, 0.6) is 0 Å². The Morgan fingerprint density at radius 3 is 2.77 bits per heavy atom. The molecule has 1 atom stereocenters. The van der Waals surface area contributed by atoms with E-state index in [0.717, 1.165) is 28.0 Å². The highest BCUT2D eigenvalue weighted by atomic mass is 35.5. The van der Waals surface area contributed by atoms with E-state index < -0.39 is 6.10 Å². The summed E-state index contributed by atoms with van der Waals surface area (Å²) in [5.41, 5.74) is 0.821. The van der Waals surface area contributed by atoms with Crippen molar-refractivity contribution in [3.05, 3.63) is 52.1 Å². The fourth-order valence-electron chi connectivity index (χ4n) is 2.22. The number of aromatic nitrogens is 2. The normalized spacial score (nSPS) is 12.5. The minimum absolute atomic E-state index is 0.380. The lowest BCUT2D eigenvalue weighted by Gasteiger charge is -2.13. The second-order valence-electron chi connectivity index (χ2n) is 4.96. The number of thiophene rings is 1. The Morgan fingerprint density at radius 2 is 2.05 bits per heavy atom. The number of anilines is 1. The van der Waals surface area contributed by atoms with Gasteiger partial charge in [0.1, 0.15) is 17.0 Å². The Morgan fingerprint density at radius 1 is 1.27 bits per heavy atom. The molecule has 0 radical (unpaired) electrons. The zero-order valence-electron chi connectivity index (χ0n) is 12.1. The topological polar surface area (TPSA) is 58.0 Å². The van der Waals surface area contributed by atoms with E-state index in [-0.39, 0.29) is 0 Å². The van der Waals surface area contributed by atoms with E-state index in [2.05, 4.69) is 28.3 Å². The first kappa shape index (κ1) is 15.2. The van der Waals surface area contributed by atoms with E-state index in [1.54, 1.807) is 29.8 Å². The van der Waals surface area contributed by atoms with Gasteiger partial charge < -0.3 is 10.4 Å². The first-order valence-electron chi connectivity index (χ1n) is 7.08. The first-order valence-corrected chi connectivity index (χ1v) is 8.27. The van der Waals surface area contributed by atoms with Gasteiger partial charge in [-0.3, -0.25) is 0 Å². The van der Waals surface area contributed by atoms with Gasteiger partial charge >= 0.3 is 0 Å². The Labute approximate surface area is 137 Å². The van der Waals surface area contributed by atoms with Gasteiger partial charge in [-0.15, -0.1) is 11.3 Å². The predicted octanol–water partition coefficient (Wildman–Crippen LogP) is 4.05. The standard InChI is InChI=1S/C16H16ClN3OS/c1-2-12-7-13-15(19-9-20-16(13)22-12)18-8-14(21)10-3-5-11(17)6-4-10/h3-7,9,14,21H,2,8H2,1H3,(H,18,19,20)/t14-/m0/s1. The molecule has 1 aromatic carbocycles. The SMILES string of the molecule is CCc1cc2c(NC[C@H](O)c3ccc(Cl)cc3)ncnc2s1. The summed E-state index contributed by atoms with van der Waals surface area (Å²) >= 11 is 7.53. The number of aliphatic hydroxyl groups is 1. The number of nitrogens with zero attached hydrogens (tertiary/aromatic N) is 2. The largest absolute Gasteiger partial charge is 0.387 e. The summed E-state index contributed by atoms with van der Waals surface area (Å²) in [6.07, 6.45) is 1.91. The van der Waals surface area contributed by atoms with Gasteiger partial charge in [-0.2, -0.15) is 0 Å². The molecule has 0 aliphatic rings. The lowest BCUT2D eigenvalue weighted by Crippen LogP contribution is -2.13. The van der Waals surface area contributed by atoms with Crippen molar-refractivity contribution in [1.82, 2.24) is 9.97 Å². The zero-order valence-corrected chi connectivity index (χ0v) is 13.7. The molecule has 0 fully saturated rings. The molecule has 0 aliphatic carbocycles. The second-order valence-corrected chi connectivity index (χ2v) is 6.51. The Bertz CT molecular complexity index is 773. The molecule has 0 spiro atoms. The summed E-state index contributed by atoms with van der Waals surface area (Å²) in [7, 11) is 0. The molecule has 3 aromatic rings. The molecule has 6 heteroatoms. The van der Waals surface area contributed by atoms with Crippen LogP contribution in [-0.4, -0.2) is 21.6 Å². The van der Waals surface area contributed by atoms with Crippen molar-refractivity contribution in [3.8, 4) is 0 Å². The van der Waals surface area contributed by atoms with Crippen molar-refractivity contribution in [2.75, 3.05) is 11.9 Å². The summed E-state index contributed by atoms with van der Waals surface area (Å²) in [5.74, 6) is 0.758. The molecule has 2 aromatic heterocycles. The smallest absolute Gasteiger partial charge is 0.138 e. The van der Waals surface area contributed by atoms with Crippen molar-refractivity contribution >= 4 is 39.0 Å². The first-order chi connectivity index (χ1) is 10.7. The highest BCUT2D eigenvalue weighted by Gasteiger charge is 2.11. The summed E-state index contributed by atoms with van der Waals surface area (Å²) in [4.78, 5) is 10.8. The maximum atomic E-state index is 10.2. The highest BCUT2D eigenvalue weighted by molar-refractivity contribution is 7.18. The fourth-order valence-corrected chi connectivity index (χ4v) is 3.28. The zero-order chi connectivity index (χ0) is 15.5. The monoisotopic (exact) mass is 333 g/mol. The molecular weight excluding hydrogens is 318 g/mol. The minimum Gasteiger partial charge on any atom is -0.387 e. The second kappa shape index (κ2) is 6.60. The van der Waals surface area contributed by atoms with Crippen LogP contribution in [0.25, 0.3) is 10.2 Å². The average Bonchev–Trinajstić information content (AvgIpc) is 2.97. The molecule has 22 heavy (non-hydrogen) atoms. The summed E-state index contributed by atoms with van der Waals surface area (Å²) in [6.45, 7) is 2.50. The van der Waals surface area contributed by atoms with Gasteiger partial charge in [-0.25, -0.2) is 9.97 Å². The van der Waals surface area contributed by atoms with Gasteiger partial charge in [0.2, 0.25) is 0 Å². The van der Waals surface area contributed by atoms with Crippen molar-refractivity contribution in [2.45, 2.75) is 19.4 Å². The molecule has 0 amide bonds. The van der Waals surface area contributed by atoms with E-state index >= 15 is 0 Å².